The smallest absolute Gasteiger partial charge is 0.241 e. The first-order valence-electron chi connectivity index (χ1n) is 5.75. The summed E-state index contributed by atoms with van der Waals surface area (Å²) in [5, 5.41) is 9.04. The van der Waals surface area contributed by atoms with Gasteiger partial charge < -0.3 is 5.11 Å². The van der Waals surface area contributed by atoms with Crippen LogP contribution < -0.4 is 4.72 Å². The quantitative estimate of drug-likeness (QED) is 0.837. The van der Waals surface area contributed by atoms with Gasteiger partial charge in [-0.15, -0.1) is 0 Å². The van der Waals surface area contributed by atoms with E-state index in [-0.39, 0.29) is 11.5 Å². The SMILES string of the molecule is CC(C)CCNS(=O)(=O)c1cc(CO)ccc1Br. The highest BCUT2D eigenvalue weighted by molar-refractivity contribution is 9.10. The molecule has 0 unspecified atom stereocenters. The summed E-state index contributed by atoms with van der Waals surface area (Å²) in [5.41, 5.74) is 0.572. The summed E-state index contributed by atoms with van der Waals surface area (Å²) in [6, 6.07) is 4.78. The number of sulfonamides is 1. The van der Waals surface area contributed by atoms with Gasteiger partial charge in [0.2, 0.25) is 10.0 Å². The van der Waals surface area contributed by atoms with E-state index >= 15 is 0 Å². The highest BCUT2D eigenvalue weighted by atomic mass is 79.9. The molecule has 1 rings (SSSR count). The van der Waals surface area contributed by atoms with Crippen LogP contribution in [0, 0.1) is 5.92 Å². The molecule has 2 N–H and O–H groups in total. The Bertz CT molecular complexity index is 500. The van der Waals surface area contributed by atoms with Crippen LogP contribution in [-0.4, -0.2) is 20.1 Å². The van der Waals surface area contributed by atoms with Gasteiger partial charge in [0.05, 0.1) is 11.5 Å². The molecule has 0 aliphatic heterocycles. The second kappa shape index (κ2) is 6.65. The largest absolute Gasteiger partial charge is 0.392 e. The van der Waals surface area contributed by atoms with Crippen LogP contribution >= 0.6 is 15.9 Å². The number of aliphatic hydroxyl groups is 1. The molecule has 0 aromatic heterocycles. The molecule has 0 fully saturated rings. The van der Waals surface area contributed by atoms with Crippen LogP contribution in [0.15, 0.2) is 27.6 Å². The lowest BCUT2D eigenvalue weighted by Gasteiger charge is -2.10. The topological polar surface area (TPSA) is 66.4 Å². The summed E-state index contributed by atoms with van der Waals surface area (Å²) >= 11 is 3.22. The second-order valence-electron chi connectivity index (χ2n) is 4.50. The van der Waals surface area contributed by atoms with Crippen molar-refractivity contribution in [1.82, 2.24) is 4.72 Å². The molecular formula is C12H18BrNO3S. The van der Waals surface area contributed by atoms with E-state index in [1.165, 1.54) is 6.07 Å². The molecule has 4 nitrogen and oxygen atoms in total. The Morgan fingerprint density at radius 2 is 2.06 bits per heavy atom. The highest BCUT2D eigenvalue weighted by Crippen LogP contribution is 2.23. The third-order valence-corrected chi connectivity index (χ3v) is 4.94. The molecule has 0 bridgehead atoms. The number of nitrogens with one attached hydrogen (secondary N) is 1. The van der Waals surface area contributed by atoms with E-state index in [0.717, 1.165) is 6.42 Å². The van der Waals surface area contributed by atoms with Crippen LogP contribution in [0.25, 0.3) is 0 Å². The summed E-state index contributed by atoms with van der Waals surface area (Å²) in [6.07, 6.45) is 0.788. The Balaban J connectivity index is 2.90. The zero-order valence-corrected chi connectivity index (χ0v) is 12.9. The summed E-state index contributed by atoms with van der Waals surface area (Å²) in [4.78, 5) is 0.165. The molecule has 18 heavy (non-hydrogen) atoms. The Hall–Kier alpha value is -0.430. The van der Waals surface area contributed by atoms with E-state index in [1.807, 2.05) is 13.8 Å². The minimum Gasteiger partial charge on any atom is -0.392 e. The van der Waals surface area contributed by atoms with Crippen LogP contribution in [0.2, 0.25) is 0 Å². The van der Waals surface area contributed by atoms with Crippen molar-refractivity contribution in [2.75, 3.05) is 6.54 Å². The predicted octanol–water partition coefficient (Wildman–Crippen LogP) is 2.27. The number of benzene rings is 1. The van der Waals surface area contributed by atoms with Crippen LogP contribution in [0.3, 0.4) is 0 Å². The van der Waals surface area contributed by atoms with Gasteiger partial charge in [-0.05, 0) is 46.0 Å². The molecule has 6 heteroatoms. The average molecular weight is 336 g/mol. The van der Waals surface area contributed by atoms with Gasteiger partial charge in [0.15, 0.2) is 0 Å². The second-order valence-corrected chi connectivity index (χ2v) is 7.09. The standard InChI is InChI=1S/C12H18BrNO3S/c1-9(2)5-6-14-18(16,17)12-7-10(8-15)3-4-11(12)13/h3-4,7,9,14-15H,5-6,8H2,1-2H3. The maximum atomic E-state index is 12.1. The third-order valence-electron chi connectivity index (χ3n) is 2.48. The molecule has 0 atom stereocenters. The van der Waals surface area contributed by atoms with Crippen molar-refractivity contribution >= 4 is 26.0 Å². The Morgan fingerprint density at radius 1 is 1.39 bits per heavy atom. The number of hydrogen-bond acceptors (Lipinski definition) is 3. The first-order valence-corrected chi connectivity index (χ1v) is 8.03. The zero-order chi connectivity index (χ0) is 13.8. The van der Waals surface area contributed by atoms with E-state index in [1.54, 1.807) is 12.1 Å². The maximum Gasteiger partial charge on any atom is 0.241 e. The Morgan fingerprint density at radius 3 is 2.61 bits per heavy atom. The number of hydrogen-bond donors (Lipinski definition) is 2. The zero-order valence-electron chi connectivity index (χ0n) is 10.5. The Kier molecular flexibility index (Phi) is 5.78. The van der Waals surface area contributed by atoms with Crippen LogP contribution in [0.4, 0.5) is 0 Å². The van der Waals surface area contributed by atoms with Gasteiger partial charge in [0.1, 0.15) is 0 Å². The third kappa shape index (κ3) is 4.35. The van der Waals surface area contributed by atoms with Gasteiger partial charge in [-0.2, -0.15) is 0 Å². The van der Waals surface area contributed by atoms with E-state index in [2.05, 4.69) is 20.7 Å². The van der Waals surface area contributed by atoms with E-state index < -0.39 is 10.0 Å². The molecule has 0 aliphatic rings. The maximum absolute atomic E-state index is 12.1. The summed E-state index contributed by atoms with van der Waals surface area (Å²) in [7, 11) is -3.53. The van der Waals surface area contributed by atoms with Gasteiger partial charge >= 0.3 is 0 Å². The van der Waals surface area contributed by atoms with Crippen molar-refractivity contribution in [3.05, 3.63) is 28.2 Å². The van der Waals surface area contributed by atoms with Crippen LogP contribution in [-0.2, 0) is 16.6 Å². The van der Waals surface area contributed by atoms with E-state index in [4.69, 9.17) is 5.11 Å². The van der Waals surface area contributed by atoms with Gasteiger partial charge in [0.25, 0.3) is 0 Å². The molecule has 1 aromatic rings. The minimum absolute atomic E-state index is 0.165. The van der Waals surface area contributed by atoms with Crippen LogP contribution in [0.1, 0.15) is 25.8 Å². The van der Waals surface area contributed by atoms with Crippen LogP contribution in [0.5, 0.6) is 0 Å². The molecule has 0 spiro atoms. The number of rotatable bonds is 6. The Labute approximate surface area is 117 Å². The molecule has 0 radical (unpaired) electrons. The van der Waals surface area contributed by atoms with Crippen molar-refractivity contribution in [2.24, 2.45) is 5.92 Å². The van der Waals surface area contributed by atoms with Crippen molar-refractivity contribution in [2.45, 2.75) is 31.8 Å². The predicted molar refractivity (Wildman–Crippen MR) is 74.7 cm³/mol. The van der Waals surface area contributed by atoms with E-state index in [9.17, 15) is 8.42 Å². The molecular weight excluding hydrogens is 318 g/mol. The molecule has 0 saturated heterocycles. The molecule has 1 aromatic carbocycles. The summed E-state index contributed by atoms with van der Waals surface area (Å²) < 4.78 is 27.2. The molecule has 0 amide bonds. The summed E-state index contributed by atoms with van der Waals surface area (Å²) in [5.74, 6) is 0.444. The lowest BCUT2D eigenvalue weighted by atomic mass is 10.1. The first kappa shape index (κ1) is 15.6. The van der Waals surface area contributed by atoms with Gasteiger partial charge in [-0.1, -0.05) is 19.9 Å². The molecule has 0 saturated carbocycles. The lowest BCUT2D eigenvalue weighted by molar-refractivity contribution is 0.281. The van der Waals surface area contributed by atoms with Gasteiger partial charge in [0, 0.05) is 11.0 Å². The fourth-order valence-corrected chi connectivity index (χ4v) is 3.47. The fourth-order valence-electron chi connectivity index (χ4n) is 1.41. The lowest BCUT2D eigenvalue weighted by Crippen LogP contribution is -2.26. The molecule has 102 valence electrons. The molecule has 0 aliphatic carbocycles. The average Bonchev–Trinajstić information content (AvgIpc) is 2.28. The summed E-state index contributed by atoms with van der Waals surface area (Å²) in [6.45, 7) is 4.31. The minimum atomic E-state index is -3.53. The number of halogens is 1. The first-order chi connectivity index (χ1) is 8.36. The van der Waals surface area contributed by atoms with Crippen molar-refractivity contribution in [1.29, 1.82) is 0 Å². The fraction of sp³-hybridized carbons (Fsp3) is 0.500. The van der Waals surface area contributed by atoms with E-state index in [0.29, 0.717) is 22.5 Å². The monoisotopic (exact) mass is 335 g/mol. The highest BCUT2D eigenvalue weighted by Gasteiger charge is 2.17. The van der Waals surface area contributed by atoms with Gasteiger partial charge in [-0.3, -0.25) is 0 Å². The van der Waals surface area contributed by atoms with Crippen molar-refractivity contribution in [3.8, 4) is 0 Å². The normalized spacial score (nSPS) is 12.1. The number of aliphatic hydroxyl groups excluding tert-OH is 1. The molecule has 0 heterocycles. The van der Waals surface area contributed by atoms with Gasteiger partial charge in [-0.25, -0.2) is 13.1 Å². The van der Waals surface area contributed by atoms with Crippen molar-refractivity contribution < 1.29 is 13.5 Å². The van der Waals surface area contributed by atoms with Crippen molar-refractivity contribution in [3.63, 3.8) is 0 Å².